The summed E-state index contributed by atoms with van der Waals surface area (Å²) in [6.45, 7) is 10.1. The maximum Gasteiger partial charge on any atom is 0.137 e. The van der Waals surface area contributed by atoms with Crippen LogP contribution < -0.4 is 15.2 Å². The highest BCUT2D eigenvalue weighted by atomic mass is 127. The summed E-state index contributed by atoms with van der Waals surface area (Å²) in [7, 11) is 9.00. The molecule has 0 heterocycles. The van der Waals surface area contributed by atoms with Crippen LogP contribution in [0.5, 0.6) is 11.5 Å². The number of likely N-dealkylation sites (N-methyl/N-ethyl adjacent to an activating group) is 1. The minimum absolute atomic E-state index is 0. The molecule has 0 aliphatic carbocycles. The van der Waals surface area contributed by atoms with Gasteiger partial charge >= 0.3 is 0 Å². The Morgan fingerprint density at radius 2 is 0.705 bits per heavy atom. The molecule has 0 aliphatic rings. The van der Waals surface area contributed by atoms with E-state index in [0.29, 0.717) is 13.2 Å². The number of nitrogens with zero attached hydrogens (tertiary/aromatic N) is 2. The summed E-state index contributed by atoms with van der Waals surface area (Å²) < 4.78 is 12.2. The van der Waals surface area contributed by atoms with E-state index in [0.717, 1.165) is 29.1 Å². The fourth-order valence-electron chi connectivity index (χ4n) is 7.44. The van der Waals surface area contributed by atoms with Gasteiger partial charge in [0.1, 0.15) is 31.3 Å². The molecule has 0 amide bonds. The highest BCUT2D eigenvalue weighted by Crippen LogP contribution is 2.16. The van der Waals surface area contributed by atoms with Crippen LogP contribution >= 0.6 is 48.0 Å². The standard InChI is InChI=1S/C28H52NO.C18H39N.C8H11NO.2HI/c1-4-5-6-7-8-9-10-11-12-13-14-15-16-17-18-22-25-29(2,3)26-27-30-28-23-20-19-21-24-28;1-4-5-6-7-8-9-10-11-12-13-14-15-16-17-18-19(2)3;9-6-7-10-8-4-2-1-3-5-8;;/h19-21,23-24H,4-18,22,25-27H2,1-3H3;4-18H2,1-3H3;1-5H,6-7,9H2;2*1H/q+1;;;;. The molecule has 2 N–H and O–H groups in total. The van der Waals surface area contributed by atoms with Gasteiger partial charge in [0.15, 0.2) is 0 Å². The molecule has 0 bridgehead atoms. The number of unbranched alkanes of at least 4 members (excludes halogenated alkanes) is 28. The normalized spacial score (nSPS) is 10.8. The van der Waals surface area contributed by atoms with Gasteiger partial charge in [0.05, 0.1) is 20.6 Å². The van der Waals surface area contributed by atoms with E-state index in [2.05, 4.69) is 46.9 Å². The average Bonchev–Trinajstić information content (AvgIpc) is 3.24. The first-order valence-corrected chi connectivity index (χ1v) is 25.4. The molecule has 0 saturated heterocycles. The predicted octanol–water partition coefficient (Wildman–Crippen LogP) is 16.7. The first kappa shape index (κ1) is 64.7. The molecule has 0 spiro atoms. The second-order valence-corrected chi connectivity index (χ2v) is 18.2. The van der Waals surface area contributed by atoms with E-state index in [1.807, 2.05) is 60.7 Å². The zero-order valence-corrected chi connectivity index (χ0v) is 46.0. The zero-order valence-electron chi connectivity index (χ0n) is 41.3. The van der Waals surface area contributed by atoms with Gasteiger partial charge in [-0.25, -0.2) is 0 Å². The van der Waals surface area contributed by atoms with Crippen molar-refractivity contribution in [3.8, 4) is 11.5 Å². The Labute approximate surface area is 415 Å². The molecule has 0 saturated carbocycles. The third-order valence-corrected chi connectivity index (χ3v) is 11.4. The van der Waals surface area contributed by atoms with Gasteiger partial charge < -0.3 is 24.6 Å². The second-order valence-electron chi connectivity index (χ2n) is 18.2. The van der Waals surface area contributed by atoms with Crippen LogP contribution in [0.3, 0.4) is 0 Å². The molecule has 0 atom stereocenters. The molecule has 2 rings (SSSR count). The van der Waals surface area contributed by atoms with Crippen LogP contribution in [0.2, 0.25) is 0 Å². The van der Waals surface area contributed by atoms with Crippen molar-refractivity contribution in [1.29, 1.82) is 0 Å². The Morgan fingerprint density at radius 3 is 1.02 bits per heavy atom. The Morgan fingerprint density at radius 1 is 0.410 bits per heavy atom. The number of rotatable bonds is 39. The summed E-state index contributed by atoms with van der Waals surface area (Å²) in [5, 5.41) is 0. The molecule has 360 valence electrons. The van der Waals surface area contributed by atoms with Gasteiger partial charge in [0, 0.05) is 6.54 Å². The maximum atomic E-state index is 5.86. The molecule has 5 nitrogen and oxygen atoms in total. The van der Waals surface area contributed by atoms with E-state index in [9.17, 15) is 0 Å². The Bertz CT molecular complexity index is 1060. The third-order valence-electron chi connectivity index (χ3n) is 11.4. The fraction of sp³-hybridized carbons (Fsp3) is 0.778. The van der Waals surface area contributed by atoms with Crippen LogP contribution in [0.4, 0.5) is 0 Å². The Kier molecular flexibility index (Phi) is 55.1. The number of nitrogens with two attached hydrogens (primary N) is 1. The van der Waals surface area contributed by atoms with Gasteiger partial charge in [-0.2, -0.15) is 0 Å². The van der Waals surface area contributed by atoms with Gasteiger partial charge in [-0.3, -0.25) is 0 Å². The number of quaternary nitrogens is 1. The summed E-state index contributed by atoms with van der Waals surface area (Å²) in [6, 6.07) is 19.8. The molecule has 0 radical (unpaired) electrons. The summed E-state index contributed by atoms with van der Waals surface area (Å²) >= 11 is 0. The minimum atomic E-state index is 0. The van der Waals surface area contributed by atoms with Crippen molar-refractivity contribution in [2.75, 3.05) is 67.6 Å². The van der Waals surface area contributed by atoms with Crippen LogP contribution in [-0.2, 0) is 0 Å². The largest absolute Gasteiger partial charge is 0.492 e. The van der Waals surface area contributed by atoms with Gasteiger partial charge in [0.25, 0.3) is 0 Å². The zero-order chi connectivity index (χ0) is 43.2. The molecule has 2 aromatic carbocycles. The fourth-order valence-corrected chi connectivity index (χ4v) is 7.44. The van der Waals surface area contributed by atoms with E-state index in [1.165, 1.54) is 206 Å². The Balaban J connectivity index is -0.000000924. The smallest absolute Gasteiger partial charge is 0.137 e. The van der Waals surface area contributed by atoms with E-state index >= 15 is 0 Å². The van der Waals surface area contributed by atoms with Crippen LogP contribution in [0.25, 0.3) is 0 Å². The number of ether oxygens (including phenoxy) is 2. The number of benzene rings is 2. The monoisotopic (exact) mass is 1080 g/mol. The summed E-state index contributed by atoms with van der Waals surface area (Å²) in [4.78, 5) is 2.29. The lowest BCUT2D eigenvalue weighted by Crippen LogP contribution is -2.43. The molecule has 0 unspecified atom stereocenters. The molecule has 2 aromatic rings. The van der Waals surface area contributed by atoms with Crippen LogP contribution in [0.15, 0.2) is 60.7 Å². The molecular weight excluding hydrogens is 976 g/mol. The SMILES string of the molecule is CCCCCCCCCCCCCCCCCC[N+](C)(C)CCOc1ccccc1.CCCCCCCCCCCCCCCCN(C)C.I.I.NCCOc1ccccc1. The molecule has 0 aromatic heterocycles. The van der Waals surface area contributed by atoms with Crippen LogP contribution in [-0.4, -0.2) is 77.0 Å². The molecule has 61 heavy (non-hydrogen) atoms. The van der Waals surface area contributed by atoms with Gasteiger partial charge in [-0.15, -0.1) is 48.0 Å². The Hall–Kier alpha value is -0.620. The summed E-state index contributed by atoms with van der Waals surface area (Å²) in [5.41, 5.74) is 5.25. The second kappa shape index (κ2) is 52.0. The van der Waals surface area contributed by atoms with Gasteiger partial charge in [-0.05, 0) is 64.2 Å². The third kappa shape index (κ3) is 51.9. The molecular formula is C54H104I2N3O2+. The average molecular weight is 1080 g/mol. The highest BCUT2D eigenvalue weighted by molar-refractivity contribution is 14.0. The summed E-state index contributed by atoms with van der Waals surface area (Å²) in [5.74, 6) is 1.87. The topological polar surface area (TPSA) is 47.7 Å². The van der Waals surface area contributed by atoms with Crippen LogP contribution in [0, 0.1) is 0 Å². The van der Waals surface area contributed by atoms with Gasteiger partial charge in [0.2, 0.25) is 0 Å². The van der Waals surface area contributed by atoms with E-state index in [4.69, 9.17) is 15.2 Å². The van der Waals surface area contributed by atoms with E-state index < -0.39 is 0 Å². The van der Waals surface area contributed by atoms with Crippen molar-refractivity contribution in [3.63, 3.8) is 0 Å². The molecule has 7 heteroatoms. The number of hydrogen-bond acceptors (Lipinski definition) is 4. The van der Waals surface area contributed by atoms with Crippen molar-refractivity contribution < 1.29 is 14.0 Å². The lowest BCUT2D eigenvalue weighted by molar-refractivity contribution is -0.890. The van der Waals surface area contributed by atoms with Crippen LogP contribution in [0.1, 0.15) is 206 Å². The van der Waals surface area contributed by atoms with Crippen molar-refractivity contribution in [1.82, 2.24) is 4.90 Å². The lowest BCUT2D eigenvalue weighted by atomic mass is 10.0. The quantitative estimate of drug-likeness (QED) is 0.0412. The predicted molar refractivity (Wildman–Crippen MR) is 294 cm³/mol. The van der Waals surface area contributed by atoms with Crippen molar-refractivity contribution in [2.24, 2.45) is 5.73 Å². The first-order chi connectivity index (χ1) is 28.8. The van der Waals surface area contributed by atoms with E-state index in [-0.39, 0.29) is 48.0 Å². The van der Waals surface area contributed by atoms with E-state index in [1.54, 1.807) is 0 Å². The summed E-state index contributed by atoms with van der Waals surface area (Å²) in [6.07, 6.45) is 43.3. The highest BCUT2D eigenvalue weighted by Gasteiger charge is 2.14. The number of halogens is 2. The van der Waals surface area contributed by atoms with Crippen molar-refractivity contribution in [2.45, 2.75) is 206 Å². The number of hydrogen-bond donors (Lipinski definition) is 1. The van der Waals surface area contributed by atoms with Gasteiger partial charge in [-0.1, -0.05) is 224 Å². The maximum absolute atomic E-state index is 5.86. The number of para-hydroxylation sites is 2. The van der Waals surface area contributed by atoms with Crippen molar-refractivity contribution >= 4 is 48.0 Å². The van der Waals surface area contributed by atoms with Crippen molar-refractivity contribution in [3.05, 3.63) is 60.7 Å². The molecule has 0 fully saturated rings. The first-order valence-electron chi connectivity index (χ1n) is 25.4. The lowest BCUT2D eigenvalue weighted by Gasteiger charge is -2.29. The minimum Gasteiger partial charge on any atom is -0.492 e. The molecule has 0 aliphatic heterocycles.